The minimum absolute atomic E-state index is 0.171. The normalized spacial score (nSPS) is 23.3. The summed E-state index contributed by atoms with van der Waals surface area (Å²) in [6.07, 6.45) is 5.57. The molecule has 0 radical (unpaired) electrons. The van der Waals surface area contributed by atoms with E-state index < -0.39 is 0 Å². The highest BCUT2D eigenvalue weighted by Crippen LogP contribution is 2.30. The number of hydrogen-bond donors (Lipinski definition) is 1. The maximum Gasteiger partial charge on any atom is 0.152 e. The zero-order valence-corrected chi connectivity index (χ0v) is 14.5. The molecule has 1 aliphatic heterocycles. The molecule has 22 heavy (non-hydrogen) atoms. The minimum atomic E-state index is 0.171. The lowest BCUT2D eigenvalue weighted by Crippen LogP contribution is -2.51. The number of aromatic nitrogens is 2. The Labute approximate surface area is 138 Å². The zero-order chi connectivity index (χ0) is 15.7. The van der Waals surface area contributed by atoms with Gasteiger partial charge in [0.2, 0.25) is 0 Å². The number of aryl methyl sites for hydroxylation is 1. The third-order valence-electron chi connectivity index (χ3n) is 5.49. The average molecular weight is 326 g/mol. The van der Waals surface area contributed by atoms with E-state index in [1.165, 1.54) is 25.7 Å². The number of rotatable bonds is 4. The first-order valence-electron chi connectivity index (χ1n) is 8.48. The van der Waals surface area contributed by atoms with Crippen LogP contribution in [-0.4, -0.2) is 58.1 Å². The fourth-order valence-electron chi connectivity index (χ4n) is 4.07. The van der Waals surface area contributed by atoms with Gasteiger partial charge >= 0.3 is 0 Å². The zero-order valence-electron chi connectivity index (χ0n) is 13.8. The molecule has 2 fully saturated rings. The second kappa shape index (κ2) is 6.87. The summed E-state index contributed by atoms with van der Waals surface area (Å²) in [6, 6.07) is 0.991. The number of nitrogens with zero attached hydrogens (tertiary/aromatic N) is 4. The first-order chi connectivity index (χ1) is 10.6. The molecule has 3 rings (SSSR count). The highest BCUT2D eigenvalue weighted by Gasteiger charge is 2.31. The first kappa shape index (κ1) is 16.2. The predicted octanol–water partition coefficient (Wildman–Crippen LogP) is 1.94. The summed E-state index contributed by atoms with van der Waals surface area (Å²) in [5, 5.41) is 0.605. The van der Waals surface area contributed by atoms with Gasteiger partial charge in [0.15, 0.2) is 5.15 Å². The third kappa shape index (κ3) is 3.04. The number of halogens is 1. The highest BCUT2D eigenvalue weighted by molar-refractivity contribution is 6.30. The van der Waals surface area contributed by atoms with E-state index in [4.69, 9.17) is 17.3 Å². The molecule has 1 atom stereocenters. The van der Waals surface area contributed by atoms with Crippen LogP contribution in [0.15, 0.2) is 0 Å². The fraction of sp³-hybridized carbons (Fsp3) is 0.812. The van der Waals surface area contributed by atoms with Crippen molar-refractivity contribution >= 4 is 11.6 Å². The van der Waals surface area contributed by atoms with Crippen LogP contribution < -0.4 is 5.73 Å². The number of hydrogen-bond acceptors (Lipinski definition) is 4. The molecule has 5 nitrogen and oxygen atoms in total. The van der Waals surface area contributed by atoms with Crippen molar-refractivity contribution in [2.75, 3.05) is 32.7 Å². The Balaban J connectivity index is 1.68. The number of imidazole rings is 1. The Hall–Kier alpha value is -0.620. The Bertz CT molecular complexity index is 501. The maximum absolute atomic E-state index is 6.35. The summed E-state index contributed by atoms with van der Waals surface area (Å²) in [4.78, 5) is 9.54. The lowest BCUT2D eigenvalue weighted by atomic mass is 10.1. The quantitative estimate of drug-likeness (QED) is 0.919. The second-order valence-corrected chi connectivity index (χ2v) is 7.01. The molecule has 1 aromatic rings. The Kier molecular flexibility index (Phi) is 5.07. The largest absolute Gasteiger partial charge is 0.333 e. The molecule has 1 aliphatic carbocycles. The van der Waals surface area contributed by atoms with E-state index in [0.717, 1.165) is 43.7 Å². The molecule has 1 saturated carbocycles. The summed E-state index contributed by atoms with van der Waals surface area (Å²) in [5.74, 6) is 0.947. The molecule has 1 aromatic heterocycles. The van der Waals surface area contributed by atoms with E-state index in [-0.39, 0.29) is 6.04 Å². The maximum atomic E-state index is 6.35. The van der Waals surface area contributed by atoms with Crippen LogP contribution in [0.4, 0.5) is 0 Å². The van der Waals surface area contributed by atoms with Crippen LogP contribution in [0, 0.1) is 6.92 Å². The van der Waals surface area contributed by atoms with Gasteiger partial charge in [-0.25, -0.2) is 4.98 Å². The van der Waals surface area contributed by atoms with Crippen LogP contribution in [0.25, 0.3) is 0 Å². The van der Waals surface area contributed by atoms with Crippen molar-refractivity contribution in [1.29, 1.82) is 0 Å². The Morgan fingerprint density at radius 2 is 1.86 bits per heavy atom. The highest BCUT2D eigenvalue weighted by atomic mass is 35.5. The van der Waals surface area contributed by atoms with Crippen molar-refractivity contribution < 1.29 is 0 Å². The van der Waals surface area contributed by atoms with Gasteiger partial charge in [0, 0.05) is 45.8 Å². The lowest BCUT2D eigenvalue weighted by molar-refractivity contribution is 0.0702. The molecule has 1 unspecified atom stereocenters. The lowest BCUT2D eigenvalue weighted by Gasteiger charge is -2.41. The monoisotopic (exact) mass is 325 g/mol. The number of nitrogens with two attached hydrogens (primary N) is 1. The van der Waals surface area contributed by atoms with E-state index >= 15 is 0 Å². The van der Waals surface area contributed by atoms with Crippen LogP contribution in [0.5, 0.6) is 0 Å². The summed E-state index contributed by atoms with van der Waals surface area (Å²) in [6.45, 7) is 7.01. The van der Waals surface area contributed by atoms with Gasteiger partial charge < -0.3 is 10.3 Å². The van der Waals surface area contributed by atoms with E-state index in [9.17, 15) is 0 Å². The van der Waals surface area contributed by atoms with Gasteiger partial charge in [-0.3, -0.25) is 9.80 Å². The van der Waals surface area contributed by atoms with Gasteiger partial charge in [0.1, 0.15) is 5.82 Å². The van der Waals surface area contributed by atoms with Crippen LogP contribution in [0.2, 0.25) is 5.15 Å². The predicted molar refractivity (Wildman–Crippen MR) is 90.2 cm³/mol. The molecule has 1 saturated heterocycles. The van der Waals surface area contributed by atoms with Crippen LogP contribution in [-0.2, 0) is 7.05 Å². The van der Waals surface area contributed by atoms with Crippen LogP contribution in [0.1, 0.15) is 43.2 Å². The first-order valence-corrected chi connectivity index (χ1v) is 8.86. The molecule has 0 amide bonds. The molecule has 2 N–H and O–H groups in total. The SMILES string of the molecule is Cc1nc(Cl)c(C(CN)N2CCN(C3CCCC3)CC2)n1C. The summed E-state index contributed by atoms with van der Waals surface area (Å²) >= 11 is 6.35. The standard InChI is InChI=1S/C16H28ClN5/c1-12-19-16(17)15(20(12)2)14(11-18)22-9-7-21(8-10-22)13-5-3-4-6-13/h13-14H,3-11,18H2,1-2H3. The van der Waals surface area contributed by atoms with E-state index in [1.807, 2.05) is 14.0 Å². The average Bonchev–Trinajstić information content (AvgIpc) is 3.13. The van der Waals surface area contributed by atoms with E-state index in [0.29, 0.717) is 11.7 Å². The Morgan fingerprint density at radius 3 is 2.36 bits per heavy atom. The third-order valence-corrected chi connectivity index (χ3v) is 5.77. The number of piperazine rings is 1. The summed E-state index contributed by atoms with van der Waals surface area (Å²) in [5.41, 5.74) is 7.15. The molecule has 124 valence electrons. The molecule has 6 heteroatoms. The molecular formula is C16H28ClN5. The van der Waals surface area contributed by atoms with Gasteiger partial charge in [0.05, 0.1) is 11.7 Å². The van der Waals surface area contributed by atoms with Crippen molar-refractivity contribution in [2.45, 2.75) is 44.7 Å². The molecule has 2 aliphatic rings. The van der Waals surface area contributed by atoms with E-state index in [1.54, 1.807) is 0 Å². The van der Waals surface area contributed by atoms with Gasteiger partial charge in [-0.1, -0.05) is 24.4 Å². The smallest absolute Gasteiger partial charge is 0.152 e. The van der Waals surface area contributed by atoms with Crippen molar-refractivity contribution in [1.82, 2.24) is 19.4 Å². The topological polar surface area (TPSA) is 50.3 Å². The molecule has 0 spiro atoms. The van der Waals surface area contributed by atoms with Gasteiger partial charge in [-0.15, -0.1) is 0 Å². The van der Waals surface area contributed by atoms with Crippen LogP contribution in [0.3, 0.4) is 0 Å². The van der Waals surface area contributed by atoms with Crippen molar-refractivity contribution in [3.05, 3.63) is 16.7 Å². The van der Waals surface area contributed by atoms with Gasteiger partial charge in [-0.2, -0.15) is 0 Å². The Morgan fingerprint density at radius 1 is 1.23 bits per heavy atom. The summed E-state index contributed by atoms with van der Waals surface area (Å²) in [7, 11) is 2.03. The van der Waals surface area contributed by atoms with Crippen LogP contribution >= 0.6 is 11.6 Å². The fourth-order valence-corrected chi connectivity index (χ4v) is 4.44. The van der Waals surface area contributed by atoms with Gasteiger partial charge in [-0.05, 0) is 19.8 Å². The molecular weight excluding hydrogens is 298 g/mol. The van der Waals surface area contributed by atoms with Crippen molar-refractivity contribution in [3.8, 4) is 0 Å². The minimum Gasteiger partial charge on any atom is -0.333 e. The molecule has 0 aromatic carbocycles. The van der Waals surface area contributed by atoms with Crippen molar-refractivity contribution in [2.24, 2.45) is 12.8 Å². The van der Waals surface area contributed by atoms with Crippen molar-refractivity contribution in [3.63, 3.8) is 0 Å². The van der Waals surface area contributed by atoms with Gasteiger partial charge in [0.25, 0.3) is 0 Å². The molecule has 0 bridgehead atoms. The second-order valence-electron chi connectivity index (χ2n) is 6.66. The summed E-state index contributed by atoms with van der Waals surface area (Å²) < 4.78 is 2.09. The molecule has 2 heterocycles. The van der Waals surface area contributed by atoms with E-state index in [2.05, 4.69) is 19.4 Å².